The molecule has 0 fully saturated rings. The average Bonchev–Trinajstić information content (AvgIpc) is 2.73. The van der Waals surface area contributed by atoms with Gasteiger partial charge in [0.25, 0.3) is 0 Å². The number of thiophene rings is 1. The molecular weight excluding hydrogens is 248 g/mol. The van der Waals surface area contributed by atoms with Gasteiger partial charge in [0.1, 0.15) is 0 Å². The van der Waals surface area contributed by atoms with E-state index >= 15 is 0 Å². The van der Waals surface area contributed by atoms with Gasteiger partial charge >= 0.3 is 0 Å². The van der Waals surface area contributed by atoms with Gasteiger partial charge in [-0.15, -0.1) is 11.3 Å². The second kappa shape index (κ2) is 7.41. The summed E-state index contributed by atoms with van der Waals surface area (Å²) in [7, 11) is 2.21. The summed E-state index contributed by atoms with van der Waals surface area (Å²) in [5, 5.41) is 2.16. The van der Waals surface area contributed by atoms with Crippen molar-refractivity contribution in [3.63, 3.8) is 0 Å². The predicted octanol–water partition coefficient (Wildman–Crippen LogP) is 3.13. The lowest BCUT2D eigenvalue weighted by Gasteiger charge is -2.33. The van der Waals surface area contributed by atoms with Crippen molar-refractivity contribution >= 4 is 23.1 Å². The van der Waals surface area contributed by atoms with E-state index in [1.54, 1.807) is 0 Å². The highest BCUT2D eigenvalue weighted by Gasteiger charge is 2.23. The molecule has 0 saturated carbocycles. The highest BCUT2D eigenvalue weighted by Crippen LogP contribution is 2.29. The van der Waals surface area contributed by atoms with Gasteiger partial charge in [-0.2, -0.15) is 11.8 Å². The molecule has 4 heteroatoms. The summed E-state index contributed by atoms with van der Waals surface area (Å²) in [6, 6.07) is 3.17. The molecule has 1 aromatic heterocycles. The molecule has 0 aliphatic rings. The molecule has 2 unspecified atom stereocenters. The minimum absolute atomic E-state index is 0.368. The number of nitrogens with zero attached hydrogens (tertiary/aromatic N) is 1. The Morgan fingerprint density at radius 2 is 2.24 bits per heavy atom. The van der Waals surface area contributed by atoms with Crippen molar-refractivity contribution in [2.75, 3.05) is 25.6 Å². The number of nitrogens with two attached hydrogens (primary N) is 1. The van der Waals surface area contributed by atoms with Crippen LogP contribution >= 0.6 is 23.1 Å². The quantitative estimate of drug-likeness (QED) is 0.827. The zero-order valence-electron chi connectivity index (χ0n) is 11.3. The Balaban J connectivity index is 2.83. The number of hydrogen-bond donors (Lipinski definition) is 1. The molecule has 0 radical (unpaired) electrons. The minimum atomic E-state index is 0.368. The number of likely N-dealkylation sites (N-methyl/N-ethyl adjacent to an activating group) is 1. The van der Waals surface area contributed by atoms with Crippen LogP contribution in [0.3, 0.4) is 0 Å². The molecule has 0 amide bonds. The van der Waals surface area contributed by atoms with Crippen LogP contribution < -0.4 is 5.73 Å². The molecule has 1 aromatic rings. The lowest BCUT2D eigenvalue weighted by atomic mass is 10.1. The van der Waals surface area contributed by atoms with Gasteiger partial charge in [0.15, 0.2) is 0 Å². The standard InChI is InChI=1S/C13H24N2S2/c1-5-11(9-16-4)15(3)12(8-14)13-10(2)6-7-17-13/h6-7,11-12H,5,8-9,14H2,1-4H3. The van der Waals surface area contributed by atoms with E-state index < -0.39 is 0 Å². The van der Waals surface area contributed by atoms with E-state index in [0.29, 0.717) is 18.6 Å². The second-order valence-corrected chi connectivity index (χ2v) is 6.26. The second-order valence-electron chi connectivity index (χ2n) is 4.40. The van der Waals surface area contributed by atoms with Crippen molar-refractivity contribution in [2.24, 2.45) is 5.73 Å². The van der Waals surface area contributed by atoms with Gasteiger partial charge in [0.2, 0.25) is 0 Å². The van der Waals surface area contributed by atoms with Crippen LogP contribution in [0.4, 0.5) is 0 Å². The molecule has 0 aliphatic heterocycles. The molecule has 0 aromatic carbocycles. The molecule has 0 aliphatic carbocycles. The minimum Gasteiger partial charge on any atom is -0.329 e. The number of hydrogen-bond acceptors (Lipinski definition) is 4. The van der Waals surface area contributed by atoms with Gasteiger partial charge in [-0.05, 0) is 43.7 Å². The summed E-state index contributed by atoms with van der Waals surface area (Å²) in [4.78, 5) is 3.88. The van der Waals surface area contributed by atoms with Crippen LogP contribution in [0, 0.1) is 6.92 Å². The molecule has 0 saturated heterocycles. The van der Waals surface area contributed by atoms with Crippen LogP contribution in [0.25, 0.3) is 0 Å². The molecule has 2 N–H and O–H groups in total. The fourth-order valence-electron chi connectivity index (χ4n) is 2.15. The van der Waals surface area contributed by atoms with Crippen LogP contribution in [0.5, 0.6) is 0 Å². The van der Waals surface area contributed by atoms with Crippen LogP contribution in [-0.2, 0) is 0 Å². The van der Waals surface area contributed by atoms with Crippen molar-refractivity contribution in [1.29, 1.82) is 0 Å². The zero-order chi connectivity index (χ0) is 12.8. The first-order chi connectivity index (χ1) is 8.15. The summed E-state index contributed by atoms with van der Waals surface area (Å²) in [5.74, 6) is 1.17. The maximum atomic E-state index is 5.98. The summed E-state index contributed by atoms with van der Waals surface area (Å²) in [5.41, 5.74) is 7.35. The Morgan fingerprint density at radius 3 is 2.65 bits per heavy atom. The maximum Gasteiger partial charge on any atom is 0.0567 e. The monoisotopic (exact) mass is 272 g/mol. The Labute approximate surface area is 114 Å². The summed E-state index contributed by atoms with van der Waals surface area (Å²) < 4.78 is 0. The van der Waals surface area contributed by atoms with Crippen molar-refractivity contribution in [1.82, 2.24) is 4.90 Å². The zero-order valence-corrected chi connectivity index (χ0v) is 12.9. The third kappa shape index (κ3) is 3.71. The molecule has 0 bridgehead atoms. The first-order valence-electron chi connectivity index (χ1n) is 6.10. The largest absolute Gasteiger partial charge is 0.329 e. The maximum absolute atomic E-state index is 5.98. The predicted molar refractivity (Wildman–Crippen MR) is 81.1 cm³/mol. The first kappa shape index (κ1) is 15.0. The Hall–Kier alpha value is -0.0300. The van der Waals surface area contributed by atoms with Crippen LogP contribution in [0.15, 0.2) is 11.4 Å². The van der Waals surface area contributed by atoms with Crippen LogP contribution in [-0.4, -0.2) is 36.5 Å². The van der Waals surface area contributed by atoms with E-state index in [0.717, 1.165) is 0 Å². The Morgan fingerprint density at radius 1 is 1.53 bits per heavy atom. The topological polar surface area (TPSA) is 29.3 Å². The third-order valence-electron chi connectivity index (χ3n) is 3.33. The Kier molecular flexibility index (Phi) is 6.55. The number of rotatable bonds is 7. The lowest BCUT2D eigenvalue weighted by Crippen LogP contribution is -2.39. The molecule has 1 rings (SSSR count). The van der Waals surface area contributed by atoms with Crippen molar-refractivity contribution < 1.29 is 0 Å². The lowest BCUT2D eigenvalue weighted by molar-refractivity contribution is 0.190. The van der Waals surface area contributed by atoms with E-state index in [9.17, 15) is 0 Å². The molecular formula is C13H24N2S2. The van der Waals surface area contributed by atoms with E-state index in [2.05, 4.69) is 43.5 Å². The highest BCUT2D eigenvalue weighted by atomic mass is 32.2. The molecule has 2 nitrogen and oxygen atoms in total. The van der Waals surface area contributed by atoms with Crippen LogP contribution in [0.1, 0.15) is 29.8 Å². The van der Waals surface area contributed by atoms with E-state index in [1.165, 1.54) is 22.6 Å². The molecule has 2 atom stereocenters. The summed E-state index contributed by atoms with van der Waals surface area (Å²) >= 11 is 3.74. The van der Waals surface area contributed by atoms with Crippen molar-refractivity contribution in [3.8, 4) is 0 Å². The summed E-state index contributed by atoms with van der Waals surface area (Å²) in [6.07, 6.45) is 3.35. The molecule has 98 valence electrons. The normalized spacial score (nSPS) is 15.2. The highest BCUT2D eigenvalue weighted by molar-refractivity contribution is 7.98. The van der Waals surface area contributed by atoms with Gasteiger partial charge < -0.3 is 5.73 Å². The van der Waals surface area contributed by atoms with Gasteiger partial charge in [0.05, 0.1) is 6.04 Å². The van der Waals surface area contributed by atoms with E-state index in [1.807, 2.05) is 23.1 Å². The van der Waals surface area contributed by atoms with E-state index in [-0.39, 0.29) is 0 Å². The fourth-order valence-corrected chi connectivity index (χ4v) is 4.10. The van der Waals surface area contributed by atoms with Gasteiger partial charge in [-0.25, -0.2) is 0 Å². The number of thioether (sulfide) groups is 1. The smallest absolute Gasteiger partial charge is 0.0567 e. The van der Waals surface area contributed by atoms with Crippen LogP contribution in [0.2, 0.25) is 0 Å². The molecule has 0 spiro atoms. The number of aryl methyl sites for hydroxylation is 1. The Bertz CT molecular complexity index is 325. The van der Waals surface area contributed by atoms with Gasteiger partial charge in [-0.1, -0.05) is 6.92 Å². The fraction of sp³-hybridized carbons (Fsp3) is 0.692. The third-order valence-corrected chi connectivity index (χ3v) is 5.16. The van der Waals surface area contributed by atoms with E-state index in [4.69, 9.17) is 5.73 Å². The first-order valence-corrected chi connectivity index (χ1v) is 8.37. The average molecular weight is 272 g/mol. The molecule has 1 heterocycles. The van der Waals surface area contributed by atoms with Crippen molar-refractivity contribution in [2.45, 2.75) is 32.4 Å². The van der Waals surface area contributed by atoms with Gasteiger partial charge in [-0.3, -0.25) is 4.90 Å². The van der Waals surface area contributed by atoms with Crippen molar-refractivity contribution in [3.05, 3.63) is 21.9 Å². The molecule has 17 heavy (non-hydrogen) atoms. The SMILES string of the molecule is CCC(CSC)N(C)C(CN)c1sccc1C. The summed E-state index contributed by atoms with van der Waals surface area (Å²) in [6.45, 7) is 5.13. The van der Waals surface area contributed by atoms with Gasteiger partial charge in [0, 0.05) is 23.2 Å².